The van der Waals surface area contributed by atoms with Crippen molar-refractivity contribution in [2.45, 2.75) is 58.8 Å². The third kappa shape index (κ3) is 9.26. The highest BCUT2D eigenvalue weighted by Gasteiger charge is 2.42. The summed E-state index contributed by atoms with van der Waals surface area (Å²) in [7, 11) is 1.26. The molecule has 2 atom stereocenters. The average Bonchev–Trinajstić information content (AvgIpc) is 3.73. The molecule has 1 fully saturated rings. The number of aromatic nitrogens is 2. The van der Waals surface area contributed by atoms with E-state index in [1.807, 2.05) is 44.2 Å². The molecule has 1 aliphatic rings. The molecule has 2 unspecified atom stereocenters. The van der Waals surface area contributed by atoms with E-state index in [0.717, 1.165) is 17.2 Å². The van der Waals surface area contributed by atoms with Gasteiger partial charge in [0.1, 0.15) is 35.9 Å². The highest BCUT2D eigenvalue weighted by molar-refractivity contribution is 6.32. The minimum absolute atomic E-state index is 0.103. The van der Waals surface area contributed by atoms with E-state index in [4.69, 9.17) is 31.5 Å². The first-order valence-corrected chi connectivity index (χ1v) is 16.5. The molecule has 2 N–H and O–H groups in total. The van der Waals surface area contributed by atoms with E-state index in [1.165, 1.54) is 41.2 Å². The van der Waals surface area contributed by atoms with Gasteiger partial charge in [0.2, 0.25) is 0 Å². The molecule has 0 radical (unpaired) electrons. The lowest BCUT2D eigenvalue weighted by Crippen LogP contribution is -2.41. The standard InChI is InChI=1S/C35H35ClFN5O6.C2H6/c1-35(2,3)48-32(43)18-39-17-27-26(9-6-10-29(27)38)21-7-5-8-24(13-21)47-25-15-31(34(45)46-4)41(20-25)33(44)22-16-40-42(19-22)30-12-11-23(37)14-28(30)36;1-2/h5-14,16-17,19,25,31H,15,18,20,38H2,1-4H3;1-2H3. The van der Waals surface area contributed by atoms with Crippen molar-refractivity contribution in [1.29, 1.82) is 0 Å². The number of amides is 1. The lowest BCUT2D eigenvalue weighted by atomic mass is 9.98. The third-order valence-corrected chi connectivity index (χ3v) is 7.73. The van der Waals surface area contributed by atoms with Crippen molar-refractivity contribution in [3.8, 4) is 22.6 Å². The Morgan fingerprint density at radius 3 is 2.54 bits per heavy atom. The Labute approximate surface area is 295 Å². The summed E-state index contributed by atoms with van der Waals surface area (Å²) in [5, 5.41) is 4.34. The first-order valence-electron chi connectivity index (χ1n) is 16.1. The number of hydrogen-bond donors (Lipinski definition) is 1. The number of halogens is 2. The van der Waals surface area contributed by atoms with Crippen LogP contribution in [0, 0.1) is 5.82 Å². The summed E-state index contributed by atoms with van der Waals surface area (Å²) in [5.41, 5.74) is 8.92. The molecule has 13 heteroatoms. The number of carbonyl (C=O) groups is 3. The summed E-state index contributed by atoms with van der Waals surface area (Å²) in [4.78, 5) is 44.2. The van der Waals surface area contributed by atoms with Gasteiger partial charge in [0, 0.05) is 30.1 Å². The molecule has 1 amide bonds. The number of nitrogens with zero attached hydrogens (tertiary/aromatic N) is 4. The van der Waals surface area contributed by atoms with Gasteiger partial charge >= 0.3 is 11.9 Å². The van der Waals surface area contributed by atoms with Crippen LogP contribution in [0.3, 0.4) is 0 Å². The van der Waals surface area contributed by atoms with Gasteiger partial charge in [-0.1, -0.05) is 49.7 Å². The number of likely N-dealkylation sites (tertiary alicyclic amines) is 1. The second-order valence-electron chi connectivity index (χ2n) is 12.1. The smallest absolute Gasteiger partial charge is 0.328 e. The Kier molecular flexibility index (Phi) is 12.4. The Bertz CT molecular complexity index is 1870. The van der Waals surface area contributed by atoms with Crippen LogP contribution in [0.25, 0.3) is 16.8 Å². The normalized spacial score (nSPS) is 15.7. The molecule has 11 nitrogen and oxygen atoms in total. The highest BCUT2D eigenvalue weighted by Crippen LogP contribution is 2.32. The summed E-state index contributed by atoms with van der Waals surface area (Å²) >= 11 is 6.18. The van der Waals surface area contributed by atoms with E-state index in [9.17, 15) is 18.8 Å². The van der Waals surface area contributed by atoms with E-state index >= 15 is 0 Å². The molecule has 0 spiro atoms. The summed E-state index contributed by atoms with van der Waals surface area (Å²) in [6, 6.07) is 15.7. The largest absolute Gasteiger partial charge is 0.488 e. The predicted molar refractivity (Wildman–Crippen MR) is 190 cm³/mol. The highest BCUT2D eigenvalue weighted by atomic mass is 35.5. The Morgan fingerprint density at radius 2 is 1.84 bits per heavy atom. The van der Waals surface area contributed by atoms with Gasteiger partial charge < -0.3 is 24.8 Å². The number of rotatable bonds is 9. The number of anilines is 1. The maximum Gasteiger partial charge on any atom is 0.328 e. The van der Waals surface area contributed by atoms with Crippen LogP contribution in [0.2, 0.25) is 5.02 Å². The van der Waals surface area contributed by atoms with Gasteiger partial charge in [0.05, 0.1) is 36.1 Å². The van der Waals surface area contributed by atoms with E-state index < -0.39 is 41.4 Å². The number of carbonyl (C=O) groups excluding carboxylic acids is 3. The fourth-order valence-corrected chi connectivity index (χ4v) is 5.61. The van der Waals surface area contributed by atoms with Crippen LogP contribution < -0.4 is 10.5 Å². The second-order valence-corrected chi connectivity index (χ2v) is 12.5. The second kappa shape index (κ2) is 16.4. The van der Waals surface area contributed by atoms with Crippen molar-refractivity contribution >= 4 is 41.3 Å². The van der Waals surface area contributed by atoms with Crippen molar-refractivity contribution in [1.82, 2.24) is 14.7 Å². The molecule has 3 aromatic carbocycles. The molecule has 50 heavy (non-hydrogen) atoms. The Hall–Kier alpha value is -5.23. The summed E-state index contributed by atoms with van der Waals surface area (Å²) in [5.74, 6) is -1.48. The molecule has 264 valence electrons. The zero-order valence-electron chi connectivity index (χ0n) is 28.9. The molecule has 1 saturated heterocycles. The number of benzene rings is 3. The lowest BCUT2D eigenvalue weighted by molar-refractivity contribution is -0.152. The van der Waals surface area contributed by atoms with Crippen LogP contribution in [-0.4, -0.2) is 76.7 Å². The van der Waals surface area contributed by atoms with Crippen molar-refractivity contribution in [2.24, 2.45) is 4.99 Å². The fourth-order valence-electron chi connectivity index (χ4n) is 5.36. The van der Waals surface area contributed by atoms with Gasteiger partial charge in [-0.15, -0.1) is 0 Å². The van der Waals surface area contributed by atoms with Gasteiger partial charge in [-0.3, -0.25) is 14.6 Å². The number of hydrogen-bond acceptors (Lipinski definition) is 9. The predicted octanol–water partition coefficient (Wildman–Crippen LogP) is 6.54. The van der Waals surface area contributed by atoms with Gasteiger partial charge in [0.15, 0.2) is 0 Å². The first kappa shape index (κ1) is 37.6. The molecule has 4 aromatic rings. The molecule has 5 rings (SSSR count). The molecular formula is C37H41ClFN5O6. The Morgan fingerprint density at radius 1 is 1.10 bits per heavy atom. The molecule has 0 aliphatic carbocycles. The molecule has 0 bridgehead atoms. The number of nitrogen functional groups attached to an aromatic ring is 1. The van der Waals surface area contributed by atoms with Gasteiger partial charge in [-0.05, 0) is 68.3 Å². The maximum atomic E-state index is 13.6. The topological polar surface area (TPSA) is 138 Å². The van der Waals surface area contributed by atoms with E-state index in [0.29, 0.717) is 22.7 Å². The van der Waals surface area contributed by atoms with E-state index in [-0.39, 0.29) is 30.1 Å². The average molecular weight is 706 g/mol. The monoisotopic (exact) mass is 705 g/mol. The minimum Gasteiger partial charge on any atom is -0.488 e. The van der Waals surface area contributed by atoms with Crippen LogP contribution in [0.5, 0.6) is 5.75 Å². The number of nitrogens with two attached hydrogens (primary N) is 1. The Balaban J connectivity index is 0.00000276. The molecule has 0 saturated carbocycles. The number of methoxy groups -OCH3 is 1. The van der Waals surface area contributed by atoms with Crippen LogP contribution in [0.4, 0.5) is 10.1 Å². The molecular weight excluding hydrogens is 665 g/mol. The van der Waals surface area contributed by atoms with Gasteiger partial charge in [-0.2, -0.15) is 5.10 Å². The maximum absolute atomic E-state index is 13.6. The number of ether oxygens (including phenoxy) is 3. The van der Waals surface area contributed by atoms with Crippen molar-refractivity contribution in [3.63, 3.8) is 0 Å². The van der Waals surface area contributed by atoms with Crippen molar-refractivity contribution in [3.05, 3.63) is 95.0 Å². The summed E-state index contributed by atoms with van der Waals surface area (Å²) in [6.07, 6.45) is 4.03. The number of esters is 2. The van der Waals surface area contributed by atoms with Gasteiger partial charge in [0.25, 0.3) is 5.91 Å². The van der Waals surface area contributed by atoms with Gasteiger partial charge in [-0.25, -0.2) is 13.9 Å². The SMILES string of the molecule is CC.COC(=O)C1CC(Oc2cccc(-c3cccc(N)c3C=NCC(=O)OC(C)(C)C)c2)CN1C(=O)c1cnn(-c2ccc(F)cc2Cl)c1. The molecule has 1 aliphatic heterocycles. The summed E-state index contributed by atoms with van der Waals surface area (Å²) < 4.78 is 31.6. The molecule has 2 heterocycles. The molecule has 1 aromatic heterocycles. The van der Waals surface area contributed by atoms with Crippen molar-refractivity contribution in [2.75, 3.05) is 25.9 Å². The fraction of sp³-hybridized carbons (Fsp3) is 0.324. The zero-order chi connectivity index (χ0) is 36.6. The van der Waals surface area contributed by atoms with E-state index in [1.54, 1.807) is 39.1 Å². The van der Waals surface area contributed by atoms with Crippen LogP contribution in [0.15, 0.2) is 78.0 Å². The number of aliphatic imine (C=N–C) groups is 1. The van der Waals surface area contributed by atoms with E-state index in [2.05, 4.69) is 10.1 Å². The first-order chi connectivity index (χ1) is 23.8. The summed E-state index contributed by atoms with van der Waals surface area (Å²) in [6.45, 7) is 9.31. The van der Waals surface area contributed by atoms with Crippen LogP contribution in [-0.2, 0) is 19.1 Å². The van der Waals surface area contributed by atoms with Crippen LogP contribution >= 0.6 is 11.6 Å². The lowest BCUT2D eigenvalue weighted by Gasteiger charge is -2.21. The quantitative estimate of drug-likeness (QED) is 0.118. The van der Waals surface area contributed by atoms with Crippen LogP contribution in [0.1, 0.15) is 57.0 Å². The van der Waals surface area contributed by atoms with Crippen molar-refractivity contribution < 1.29 is 33.0 Å². The third-order valence-electron chi connectivity index (χ3n) is 7.43. The zero-order valence-corrected chi connectivity index (χ0v) is 29.6. The minimum atomic E-state index is -0.893.